The predicted octanol–water partition coefficient (Wildman–Crippen LogP) is 2.24. The third-order valence-corrected chi connectivity index (χ3v) is 2.63. The molecule has 1 atom stereocenters. The number of alkyl halides is 2. The SMILES string of the molecule is COc1ccc([C@H]2NC(=O)OCC2(F)F)c(O)c1.Cl. The van der Waals surface area contributed by atoms with Crippen LogP contribution in [-0.2, 0) is 4.74 Å². The van der Waals surface area contributed by atoms with Gasteiger partial charge >= 0.3 is 12.0 Å². The van der Waals surface area contributed by atoms with E-state index in [4.69, 9.17) is 4.74 Å². The van der Waals surface area contributed by atoms with Crippen molar-refractivity contribution in [3.63, 3.8) is 0 Å². The van der Waals surface area contributed by atoms with Gasteiger partial charge in [0.25, 0.3) is 0 Å². The van der Waals surface area contributed by atoms with E-state index in [0.717, 1.165) is 0 Å². The lowest BCUT2D eigenvalue weighted by molar-refractivity contribution is -0.104. The van der Waals surface area contributed by atoms with Gasteiger partial charge in [-0.1, -0.05) is 0 Å². The minimum atomic E-state index is -3.29. The minimum Gasteiger partial charge on any atom is -0.507 e. The number of nitrogens with one attached hydrogen (secondary N) is 1. The van der Waals surface area contributed by atoms with E-state index < -0.39 is 24.7 Å². The maximum atomic E-state index is 13.6. The molecule has 0 bridgehead atoms. The molecule has 0 aromatic heterocycles. The first-order valence-electron chi connectivity index (χ1n) is 5.12. The van der Waals surface area contributed by atoms with Crippen LogP contribution in [0.15, 0.2) is 18.2 Å². The van der Waals surface area contributed by atoms with Crippen molar-refractivity contribution in [3.05, 3.63) is 23.8 Å². The number of carbonyl (C=O) groups is 1. The van der Waals surface area contributed by atoms with Crippen LogP contribution in [-0.4, -0.2) is 30.8 Å². The second-order valence-corrected chi connectivity index (χ2v) is 3.84. The number of amides is 1. The molecular weight excluding hydrogens is 284 g/mol. The van der Waals surface area contributed by atoms with E-state index in [2.05, 4.69) is 4.74 Å². The van der Waals surface area contributed by atoms with Gasteiger partial charge < -0.3 is 19.9 Å². The van der Waals surface area contributed by atoms with Crippen LogP contribution in [0.25, 0.3) is 0 Å². The molecule has 1 aliphatic heterocycles. The number of benzene rings is 1. The highest BCUT2D eigenvalue weighted by atomic mass is 35.5. The number of hydrogen-bond acceptors (Lipinski definition) is 4. The van der Waals surface area contributed by atoms with Crippen LogP contribution in [0, 0.1) is 0 Å². The van der Waals surface area contributed by atoms with Gasteiger partial charge in [-0.25, -0.2) is 13.6 Å². The highest BCUT2D eigenvalue weighted by Crippen LogP contribution is 2.39. The van der Waals surface area contributed by atoms with Crippen molar-refractivity contribution >= 4 is 18.5 Å². The zero-order chi connectivity index (χ0) is 13.3. The van der Waals surface area contributed by atoms with E-state index >= 15 is 0 Å². The highest BCUT2D eigenvalue weighted by molar-refractivity contribution is 5.85. The Labute approximate surface area is 113 Å². The Morgan fingerprint density at radius 2 is 2.21 bits per heavy atom. The Hall–Kier alpha value is -1.76. The molecule has 1 saturated heterocycles. The second-order valence-electron chi connectivity index (χ2n) is 3.84. The van der Waals surface area contributed by atoms with Gasteiger partial charge in [0.1, 0.15) is 17.5 Å². The van der Waals surface area contributed by atoms with Crippen molar-refractivity contribution in [3.8, 4) is 11.5 Å². The zero-order valence-electron chi connectivity index (χ0n) is 9.85. The van der Waals surface area contributed by atoms with Crippen LogP contribution in [0.5, 0.6) is 11.5 Å². The molecule has 0 spiro atoms. The van der Waals surface area contributed by atoms with Crippen LogP contribution in [0.2, 0.25) is 0 Å². The standard InChI is InChI=1S/C11H11F2NO4.ClH/c1-17-6-2-3-7(8(15)4-6)9-11(12,13)5-18-10(16)14-9;/h2-4,9,15H,5H2,1H3,(H,14,16);1H/t9-;/m1./s1. The van der Waals surface area contributed by atoms with E-state index in [0.29, 0.717) is 5.75 Å². The van der Waals surface area contributed by atoms with Crippen molar-refractivity contribution in [1.29, 1.82) is 0 Å². The number of halogens is 3. The molecular formula is C11H12ClF2NO4. The monoisotopic (exact) mass is 295 g/mol. The maximum Gasteiger partial charge on any atom is 0.408 e. The predicted molar refractivity (Wildman–Crippen MR) is 64.1 cm³/mol. The lowest BCUT2D eigenvalue weighted by Gasteiger charge is -2.32. The van der Waals surface area contributed by atoms with Gasteiger partial charge in [0, 0.05) is 11.6 Å². The lowest BCUT2D eigenvalue weighted by atomic mass is 9.99. The second kappa shape index (κ2) is 5.48. The summed E-state index contributed by atoms with van der Waals surface area (Å²) in [5.41, 5.74) is -0.0857. The fourth-order valence-electron chi connectivity index (χ4n) is 1.71. The number of aromatic hydroxyl groups is 1. The van der Waals surface area contributed by atoms with Gasteiger partial charge in [0.15, 0.2) is 6.61 Å². The van der Waals surface area contributed by atoms with Crippen molar-refractivity contribution in [2.45, 2.75) is 12.0 Å². The summed E-state index contributed by atoms with van der Waals surface area (Å²) in [7, 11) is 1.39. The molecule has 0 unspecified atom stereocenters. The molecule has 5 nitrogen and oxygen atoms in total. The molecule has 1 amide bonds. The largest absolute Gasteiger partial charge is 0.507 e. The molecule has 106 valence electrons. The Morgan fingerprint density at radius 1 is 1.53 bits per heavy atom. The molecule has 1 heterocycles. The molecule has 2 rings (SSSR count). The van der Waals surface area contributed by atoms with Crippen molar-refractivity contribution in [1.82, 2.24) is 5.32 Å². The number of ether oxygens (including phenoxy) is 2. The number of hydrogen-bond donors (Lipinski definition) is 2. The van der Waals surface area contributed by atoms with E-state index in [1.54, 1.807) is 0 Å². The molecule has 8 heteroatoms. The molecule has 0 radical (unpaired) electrons. The van der Waals surface area contributed by atoms with Gasteiger partial charge in [0.2, 0.25) is 0 Å². The van der Waals surface area contributed by atoms with Crippen LogP contribution in [0.1, 0.15) is 11.6 Å². The number of cyclic esters (lactones) is 1. The summed E-state index contributed by atoms with van der Waals surface area (Å²) >= 11 is 0. The summed E-state index contributed by atoms with van der Waals surface area (Å²) in [4.78, 5) is 11.0. The van der Waals surface area contributed by atoms with Gasteiger partial charge in [0.05, 0.1) is 7.11 Å². The molecule has 0 saturated carbocycles. The van der Waals surface area contributed by atoms with Gasteiger partial charge in [-0.05, 0) is 12.1 Å². The molecule has 19 heavy (non-hydrogen) atoms. The number of carbonyl (C=O) groups excluding carboxylic acids is 1. The minimum absolute atomic E-state index is 0. The summed E-state index contributed by atoms with van der Waals surface area (Å²) in [6.45, 7) is -1.02. The van der Waals surface area contributed by atoms with Crippen molar-refractivity contribution in [2.24, 2.45) is 0 Å². The summed E-state index contributed by atoms with van der Waals surface area (Å²) in [5.74, 6) is -3.33. The Kier molecular flexibility index (Phi) is 4.41. The van der Waals surface area contributed by atoms with E-state index in [1.165, 1.54) is 25.3 Å². The summed E-state index contributed by atoms with van der Waals surface area (Å²) in [6.07, 6.45) is -0.943. The number of rotatable bonds is 2. The van der Waals surface area contributed by atoms with Crippen LogP contribution in [0.4, 0.5) is 13.6 Å². The molecule has 1 aromatic rings. The molecule has 0 aliphatic carbocycles. The average molecular weight is 296 g/mol. The van der Waals surface area contributed by atoms with Crippen LogP contribution >= 0.6 is 12.4 Å². The molecule has 1 aliphatic rings. The lowest BCUT2D eigenvalue weighted by Crippen LogP contribution is -2.49. The Bertz CT molecular complexity index is 484. The normalized spacial score (nSPS) is 20.8. The summed E-state index contributed by atoms with van der Waals surface area (Å²) in [5, 5.41) is 11.7. The van der Waals surface area contributed by atoms with Gasteiger partial charge in [-0.15, -0.1) is 12.4 Å². The smallest absolute Gasteiger partial charge is 0.408 e. The number of methoxy groups -OCH3 is 1. The highest BCUT2D eigenvalue weighted by Gasteiger charge is 2.47. The first-order chi connectivity index (χ1) is 8.44. The summed E-state index contributed by atoms with van der Waals surface area (Å²) < 4.78 is 36.3. The number of phenolic OH excluding ortho intramolecular Hbond substituents is 1. The van der Waals surface area contributed by atoms with Crippen LogP contribution in [0.3, 0.4) is 0 Å². The zero-order valence-corrected chi connectivity index (χ0v) is 10.7. The summed E-state index contributed by atoms with van der Waals surface area (Å²) in [6, 6.07) is 2.28. The quantitative estimate of drug-likeness (QED) is 0.878. The average Bonchev–Trinajstić information content (AvgIpc) is 2.32. The third-order valence-electron chi connectivity index (χ3n) is 2.63. The van der Waals surface area contributed by atoms with Gasteiger partial charge in [-0.3, -0.25) is 0 Å². The first-order valence-corrected chi connectivity index (χ1v) is 5.12. The third kappa shape index (κ3) is 2.98. The van der Waals surface area contributed by atoms with Crippen molar-refractivity contribution in [2.75, 3.05) is 13.7 Å². The number of phenols is 1. The maximum absolute atomic E-state index is 13.6. The molecule has 2 N–H and O–H groups in total. The Balaban J connectivity index is 0.00000180. The van der Waals surface area contributed by atoms with E-state index in [-0.39, 0.29) is 23.7 Å². The fraction of sp³-hybridized carbons (Fsp3) is 0.364. The number of alkyl carbamates (subject to hydrolysis) is 1. The fourth-order valence-corrected chi connectivity index (χ4v) is 1.71. The topological polar surface area (TPSA) is 67.8 Å². The van der Waals surface area contributed by atoms with E-state index in [9.17, 15) is 18.7 Å². The first kappa shape index (κ1) is 15.3. The van der Waals surface area contributed by atoms with Gasteiger partial charge in [-0.2, -0.15) is 0 Å². The molecule has 1 fully saturated rings. The van der Waals surface area contributed by atoms with E-state index in [1.807, 2.05) is 5.32 Å². The van der Waals surface area contributed by atoms with Crippen molar-refractivity contribution < 1.29 is 28.2 Å². The van der Waals surface area contributed by atoms with Crippen LogP contribution < -0.4 is 10.1 Å². The Morgan fingerprint density at radius 3 is 2.79 bits per heavy atom. The molecule has 1 aromatic carbocycles.